The standard InChI is InChI=1S/C13H9F8I2NO4S/c14-11(15,12(16,17)18)2-1-3-28-9-7(22)4-6(5-8(9)23)10(25)24-29(26,27)13(19,20)21/h4-5H,1-3H2,(H,24,25). The predicted molar refractivity (Wildman–Crippen MR) is 100 cm³/mol. The zero-order valence-electron chi connectivity index (χ0n) is 13.6. The second kappa shape index (κ2) is 9.23. The highest BCUT2D eigenvalue weighted by Gasteiger charge is 2.56. The summed E-state index contributed by atoms with van der Waals surface area (Å²) in [5.41, 5.74) is -6.17. The lowest BCUT2D eigenvalue weighted by atomic mass is 10.2. The molecule has 0 unspecified atom stereocenters. The van der Waals surface area contributed by atoms with Gasteiger partial charge < -0.3 is 4.74 Å². The average molecular weight is 681 g/mol. The molecule has 1 aromatic carbocycles. The van der Waals surface area contributed by atoms with Gasteiger partial charge >= 0.3 is 27.6 Å². The van der Waals surface area contributed by atoms with Gasteiger partial charge in [-0.05, 0) is 63.7 Å². The second-order valence-corrected chi connectivity index (χ2v) is 9.30. The third-order valence-electron chi connectivity index (χ3n) is 3.09. The van der Waals surface area contributed by atoms with Crippen LogP contribution in [0.1, 0.15) is 23.2 Å². The summed E-state index contributed by atoms with van der Waals surface area (Å²) in [4.78, 5) is 11.8. The van der Waals surface area contributed by atoms with Gasteiger partial charge in [-0.1, -0.05) is 0 Å². The van der Waals surface area contributed by atoms with E-state index in [1.165, 1.54) is 0 Å². The molecule has 0 saturated carbocycles. The SMILES string of the molecule is O=C(NS(=O)(=O)C(F)(F)F)c1cc(I)c(OCCCC(F)(F)C(F)(F)F)c(I)c1. The number of carbonyl (C=O) groups is 1. The summed E-state index contributed by atoms with van der Waals surface area (Å²) in [6, 6.07) is 1.92. The lowest BCUT2D eigenvalue weighted by Gasteiger charge is -2.19. The van der Waals surface area contributed by atoms with Crippen molar-refractivity contribution in [2.45, 2.75) is 30.4 Å². The van der Waals surface area contributed by atoms with E-state index in [-0.39, 0.29) is 12.9 Å². The maximum Gasteiger partial charge on any atom is 0.516 e. The molecule has 5 nitrogen and oxygen atoms in total. The molecule has 0 atom stereocenters. The van der Waals surface area contributed by atoms with Gasteiger partial charge in [-0.2, -0.15) is 43.5 Å². The van der Waals surface area contributed by atoms with E-state index in [4.69, 9.17) is 4.74 Å². The number of hydrogen-bond donors (Lipinski definition) is 1. The summed E-state index contributed by atoms with van der Waals surface area (Å²) in [6.07, 6.45) is -7.87. The van der Waals surface area contributed by atoms with Gasteiger partial charge in [0.1, 0.15) is 5.75 Å². The van der Waals surface area contributed by atoms with Crippen molar-refractivity contribution in [3.63, 3.8) is 0 Å². The molecule has 0 aliphatic rings. The van der Waals surface area contributed by atoms with Gasteiger partial charge in [0.05, 0.1) is 13.7 Å². The number of benzene rings is 1. The highest BCUT2D eigenvalue weighted by atomic mass is 127. The number of ether oxygens (including phenoxy) is 1. The van der Waals surface area contributed by atoms with Crippen molar-refractivity contribution in [3.8, 4) is 5.75 Å². The summed E-state index contributed by atoms with van der Waals surface area (Å²) in [7, 11) is -5.92. The maximum absolute atomic E-state index is 12.8. The summed E-state index contributed by atoms with van der Waals surface area (Å²) < 4.78 is 127. The fourth-order valence-electron chi connectivity index (χ4n) is 1.68. The van der Waals surface area contributed by atoms with Crippen molar-refractivity contribution in [2.75, 3.05) is 6.61 Å². The van der Waals surface area contributed by atoms with Gasteiger partial charge in [0.25, 0.3) is 5.91 Å². The van der Waals surface area contributed by atoms with E-state index in [1.54, 1.807) is 45.2 Å². The zero-order valence-corrected chi connectivity index (χ0v) is 18.7. The molecule has 0 aliphatic heterocycles. The molecule has 0 saturated heterocycles. The molecule has 0 fully saturated rings. The van der Waals surface area contributed by atoms with E-state index < -0.39 is 58.5 Å². The molecular weight excluding hydrogens is 672 g/mol. The Morgan fingerprint density at radius 1 is 1.00 bits per heavy atom. The third kappa shape index (κ3) is 6.93. The summed E-state index contributed by atoms with van der Waals surface area (Å²) in [5, 5.41) is 0. The summed E-state index contributed by atoms with van der Waals surface area (Å²) in [6.45, 7) is -0.536. The monoisotopic (exact) mass is 681 g/mol. The van der Waals surface area contributed by atoms with Crippen molar-refractivity contribution in [1.82, 2.24) is 4.72 Å². The molecule has 1 rings (SSSR count). The molecule has 0 aromatic heterocycles. The Labute approximate surface area is 185 Å². The Kier molecular flexibility index (Phi) is 8.39. The molecule has 166 valence electrons. The van der Waals surface area contributed by atoms with E-state index in [0.29, 0.717) is 0 Å². The fraction of sp³-hybridized carbons (Fsp3) is 0.462. The van der Waals surface area contributed by atoms with Gasteiger partial charge in [0.15, 0.2) is 0 Å². The topological polar surface area (TPSA) is 72.5 Å². The first kappa shape index (κ1) is 26.4. The molecule has 16 heteroatoms. The van der Waals surface area contributed by atoms with Crippen LogP contribution in [-0.4, -0.2) is 38.5 Å². The van der Waals surface area contributed by atoms with E-state index >= 15 is 0 Å². The Morgan fingerprint density at radius 2 is 1.48 bits per heavy atom. The van der Waals surface area contributed by atoms with Crippen LogP contribution in [0.5, 0.6) is 5.75 Å². The molecule has 1 N–H and O–H groups in total. The van der Waals surface area contributed by atoms with Gasteiger partial charge in [0.2, 0.25) is 0 Å². The number of nitrogens with one attached hydrogen (secondary N) is 1. The summed E-state index contributed by atoms with van der Waals surface area (Å²) in [5.74, 6) is -6.48. The normalized spacial score (nSPS) is 13.3. The molecule has 0 bridgehead atoms. The van der Waals surface area contributed by atoms with Gasteiger partial charge in [-0.3, -0.25) is 4.79 Å². The van der Waals surface area contributed by atoms with Gasteiger partial charge in [-0.25, -0.2) is 4.72 Å². The van der Waals surface area contributed by atoms with Crippen LogP contribution in [0.2, 0.25) is 0 Å². The Hall–Kier alpha value is -0.660. The number of halogens is 10. The predicted octanol–water partition coefficient (Wildman–Crippen LogP) is 4.83. The van der Waals surface area contributed by atoms with Crippen LogP contribution in [0, 0.1) is 7.14 Å². The first-order chi connectivity index (χ1) is 12.9. The third-order valence-corrected chi connectivity index (χ3v) is 5.75. The smallest absolute Gasteiger partial charge is 0.491 e. The minimum absolute atomic E-state index is 0.0169. The number of sulfonamides is 1. The Balaban J connectivity index is 2.85. The largest absolute Gasteiger partial charge is 0.516 e. The van der Waals surface area contributed by atoms with Crippen LogP contribution in [0.15, 0.2) is 12.1 Å². The Morgan fingerprint density at radius 3 is 1.90 bits per heavy atom. The molecular formula is C13H9F8I2NO4S. The zero-order chi connectivity index (χ0) is 22.8. The highest BCUT2D eigenvalue weighted by Crippen LogP contribution is 2.39. The molecule has 29 heavy (non-hydrogen) atoms. The van der Waals surface area contributed by atoms with Crippen molar-refractivity contribution in [3.05, 3.63) is 24.8 Å². The molecule has 0 heterocycles. The molecule has 0 aliphatic carbocycles. The molecule has 0 radical (unpaired) electrons. The molecule has 0 spiro atoms. The summed E-state index contributed by atoms with van der Waals surface area (Å²) >= 11 is 3.14. The first-order valence-corrected chi connectivity index (χ1v) is 10.7. The molecule has 1 amide bonds. The van der Waals surface area contributed by atoms with E-state index in [0.717, 1.165) is 16.9 Å². The maximum atomic E-state index is 12.8. The van der Waals surface area contributed by atoms with E-state index in [1.807, 2.05) is 0 Å². The number of carbonyl (C=O) groups excluding carboxylic acids is 1. The minimum Gasteiger partial charge on any atom is -0.491 e. The highest BCUT2D eigenvalue weighted by molar-refractivity contribution is 14.1. The average Bonchev–Trinajstić information content (AvgIpc) is 2.50. The van der Waals surface area contributed by atoms with Crippen LogP contribution in [0.4, 0.5) is 35.1 Å². The van der Waals surface area contributed by atoms with Crippen molar-refractivity contribution >= 4 is 61.1 Å². The lowest BCUT2D eigenvalue weighted by Crippen LogP contribution is -2.40. The second-order valence-electron chi connectivity index (χ2n) is 5.30. The Bertz CT molecular complexity index is 848. The van der Waals surface area contributed by atoms with Crippen LogP contribution in [0.25, 0.3) is 0 Å². The fourth-order valence-corrected chi connectivity index (χ4v) is 4.24. The quantitative estimate of drug-likeness (QED) is 0.255. The molecule has 1 aromatic rings. The van der Waals surface area contributed by atoms with Gasteiger partial charge in [-0.15, -0.1) is 0 Å². The van der Waals surface area contributed by atoms with Gasteiger partial charge in [0, 0.05) is 12.0 Å². The lowest BCUT2D eigenvalue weighted by molar-refractivity contribution is -0.284. The van der Waals surface area contributed by atoms with Crippen LogP contribution in [0.3, 0.4) is 0 Å². The van der Waals surface area contributed by atoms with Crippen LogP contribution >= 0.6 is 45.2 Å². The van der Waals surface area contributed by atoms with Crippen molar-refractivity contribution in [1.29, 1.82) is 0 Å². The number of hydrogen-bond acceptors (Lipinski definition) is 4. The van der Waals surface area contributed by atoms with Crippen molar-refractivity contribution in [2.24, 2.45) is 0 Å². The van der Waals surface area contributed by atoms with Crippen LogP contribution < -0.4 is 9.46 Å². The van der Waals surface area contributed by atoms with Crippen molar-refractivity contribution < 1.29 is 53.1 Å². The van der Waals surface area contributed by atoms with E-state index in [2.05, 4.69) is 0 Å². The minimum atomic E-state index is -5.92. The van der Waals surface area contributed by atoms with E-state index in [9.17, 15) is 48.3 Å². The first-order valence-electron chi connectivity index (χ1n) is 7.09. The number of amides is 1. The van der Waals surface area contributed by atoms with Crippen LogP contribution in [-0.2, 0) is 10.0 Å². The number of rotatable bonds is 7. The number of alkyl halides is 8.